The van der Waals surface area contributed by atoms with Gasteiger partial charge in [-0.25, -0.2) is 9.66 Å². The summed E-state index contributed by atoms with van der Waals surface area (Å²) in [7, 11) is 0. The molecule has 8 heteroatoms. The van der Waals surface area contributed by atoms with E-state index in [0.29, 0.717) is 31.6 Å². The van der Waals surface area contributed by atoms with Crippen molar-refractivity contribution in [3.05, 3.63) is 61.4 Å². The molecule has 1 N–H and O–H groups in total. The standard InChI is InChI=1S/C15H11Cl2N3O2S/c1-8-18-14-10(4-5-23-14)15(22)20(8)19-13(21)7-9-2-3-11(16)12(17)6-9/h2-6H,7H2,1H3,(H,19,21). The van der Waals surface area contributed by atoms with Gasteiger partial charge in [0.25, 0.3) is 5.56 Å². The van der Waals surface area contributed by atoms with Crippen molar-refractivity contribution in [1.29, 1.82) is 0 Å². The number of carbonyl (C=O) groups excluding carboxylic acids is 1. The highest BCUT2D eigenvalue weighted by Crippen LogP contribution is 2.22. The number of amides is 1. The molecule has 0 saturated carbocycles. The quantitative estimate of drug-likeness (QED) is 0.771. The minimum Gasteiger partial charge on any atom is -0.273 e. The monoisotopic (exact) mass is 367 g/mol. The Hall–Kier alpha value is -1.89. The Morgan fingerprint density at radius 1 is 1.30 bits per heavy atom. The topological polar surface area (TPSA) is 64.0 Å². The molecular weight excluding hydrogens is 357 g/mol. The second-order valence-corrected chi connectivity index (χ2v) is 6.61. The molecule has 2 aromatic heterocycles. The van der Waals surface area contributed by atoms with Crippen LogP contribution in [0.25, 0.3) is 10.2 Å². The van der Waals surface area contributed by atoms with Crippen LogP contribution >= 0.6 is 34.5 Å². The number of thiophene rings is 1. The molecular formula is C15H11Cl2N3O2S. The second-order valence-electron chi connectivity index (χ2n) is 4.90. The van der Waals surface area contributed by atoms with Crippen molar-refractivity contribution in [2.75, 3.05) is 5.43 Å². The maximum absolute atomic E-state index is 12.4. The van der Waals surface area contributed by atoms with Crippen molar-refractivity contribution < 1.29 is 4.79 Å². The van der Waals surface area contributed by atoms with E-state index >= 15 is 0 Å². The number of halogens is 2. The van der Waals surface area contributed by atoms with E-state index in [4.69, 9.17) is 23.2 Å². The Kier molecular flexibility index (Phi) is 4.39. The fraction of sp³-hybridized carbons (Fsp3) is 0.133. The van der Waals surface area contributed by atoms with E-state index < -0.39 is 0 Å². The number of benzene rings is 1. The molecule has 0 spiro atoms. The molecule has 0 bridgehead atoms. The molecule has 2 heterocycles. The zero-order valence-electron chi connectivity index (χ0n) is 12.0. The summed E-state index contributed by atoms with van der Waals surface area (Å²) in [5.74, 6) is 0.0809. The molecule has 5 nitrogen and oxygen atoms in total. The molecule has 0 aliphatic carbocycles. The number of hydrogen-bond acceptors (Lipinski definition) is 4. The normalized spacial score (nSPS) is 10.9. The third-order valence-electron chi connectivity index (χ3n) is 3.25. The van der Waals surface area contributed by atoms with Crippen LogP contribution in [0.2, 0.25) is 10.0 Å². The Morgan fingerprint density at radius 3 is 2.83 bits per heavy atom. The van der Waals surface area contributed by atoms with Crippen LogP contribution in [-0.2, 0) is 11.2 Å². The molecule has 1 aromatic carbocycles. The zero-order valence-corrected chi connectivity index (χ0v) is 14.3. The predicted molar refractivity (Wildman–Crippen MR) is 93.2 cm³/mol. The van der Waals surface area contributed by atoms with Gasteiger partial charge in [0, 0.05) is 0 Å². The minimum absolute atomic E-state index is 0.0739. The molecule has 0 aliphatic rings. The van der Waals surface area contributed by atoms with Crippen molar-refractivity contribution in [2.24, 2.45) is 0 Å². The number of rotatable bonds is 3. The number of aryl methyl sites for hydroxylation is 1. The highest BCUT2D eigenvalue weighted by atomic mass is 35.5. The van der Waals surface area contributed by atoms with Crippen molar-refractivity contribution in [3.8, 4) is 0 Å². The maximum atomic E-state index is 12.4. The van der Waals surface area contributed by atoms with Gasteiger partial charge in [0.2, 0.25) is 5.91 Å². The van der Waals surface area contributed by atoms with Gasteiger partial charge in [0.15, 0.2) is 0 Å². The first kappa shape index (κ1) is 16.0. The van der Waals surface area contributed by atoms with Crippen molar-refractivity contribution >= 4 is 50.7 Å². The third kappa shape index (κ3) is 3.24. The van der Waals surface area contributed by atoms with Crippen LogP contribution < -0.4 is 11.0 Å². The van der Waals surface area contributed by atoms with E-state index in [-0.39, 0.29) is 17.9 Å². The van der Waals surface area contributed by atoms with Gasteiger partial charge >= 0.3 is 0 Å². The molecule has 3 rings (SSSR count). The van der Waals surface area contributed by atoms with Crippen LogP contribution in [0.15, 0.2) is 34.4 Å². The molecule has 0 unspecified atom stereocenters. The summed E-state index contributed by atoms with van der Waals surface area (Å²) in [6.45, 7) is 1.67. The van der Waals surface area contributed by atoms with Gasteiger partial charge in [-0.15, -0.1) is 11.3 Å². The van der Waals surface area contributed by atoms with Crippen LogP contribution in [0.1, 0.15) is 11.4 Å². The number of nitrogens with zero attached hydrogens (tertiary/aromatic N) is 2. The summed E-state index contributed by atoms with van der Waals surface area (Å²) in [5.41, 5.74) is 2.98. The smallest absolute Gasteiger partial charge is 0.273 e. The summed E-state index contributed by atoms with van der Waals surface area (Å²) in [4.78, 5) is 29.5. The van der Waals surface area contributed by atoms with Crippen LogP contribution in [0.3, 0.4) is 0 Å². The predicted octanol–water partition coefficient (Wildman–Crippen LogP) is 3.39. The lowest BCUT2D eigenvalue weighted by molar-refractivity contribution is -0.116. The molecule has 3 aromatic rings. The second kappa shape index (κ2) is 6.31. The molecule has 0 aliphatic heterocycles. The van der Waals surface area contributed by atoms with Gasteiger partial charge in [-0.05, 0) is 36.1 Å². The third-order valence-corrected chi connectivity index (χ3v) is 4.80. The highest BCUT2D eigenvalue weighted by molar-refractivity contribution is 7.16. The van der Waals surface area contributed by atoms with Crippen LogP contribution in [0.4, 0.5) is 0 Å². The first-order valence-electron chi connectivity index (χ1n) is 6.66. The Bertz CT molecular complexity index is 965. The molecule has 0 radical (unpaired) electrons. The molecule has 0 saturated heterocycles. The van der Waals surface area contributed by atoms with Gasteiger partial charge in [-0.1, -0.05) is 29.3 Å². The lowest BCUT2D eigenvalue weighted by atomic mass is 10.1. The van der Waals surface area contributed by atoms with Crippen LogP contribution in [0.5, 0.6) is 0 Å². The highest BCUT2D eigenvalue weighted by Gasteiger charge is 2.12. The van der Waals surface area contributed by atoms with Gasteiger partial charge in [0.1, 0.15) is 10.7 Å². The number of aromatic nitrogens is 2. The van der Waals surface area contributed by atoms with E-state index in [1.54, 1.807) is 36.6 Å². The average Bonchev–Trinajstić information content (AvgIpc) is 2.95. The molecule has 118 valence electrons. The minimum atomic E-state index is -0.343. The van der Waals surface area contributed by atoms with E-state index in [9.17, 15) is 9.59 Å². The fourth-order valence-electron chi connectivity index (χ4n) is 2.15. The van der Waals surface area contributed by atoms with E-state index in [1.165, 1.54) is 11.3 Å². The maximum Gasteiger partial charge on any atom is 0.281 e. The van der Waals surface area contributed by atoms with Gasteiger partial charge in [0.05, 0.1) is 21.9 Å². The van der Waals surface area contributed by atoms with Gasteiger partial charge in [-0.2, -0.15) is 0 Å². The Balaban J connectivity index is 1.85. The van der Waals surface area contributed by atoms with Gasteiger partial charge in [-0.3, -0.25) is 15.0 Å². The molecule has 0 fully saturated rings. The summed E-state index contributed by atoms with van der Waals surface area (Å²) in [6, 6.07) is 6.66. The first-order valence-corrected chi connectivity index (χ1v) is 8.30. The van der Waals surface area contributed by atoms with Crippen molar-refractivity contribution in [3.63, 3.8) is 0 Å². The number of hydrogen-bond donors (Lipinski definition) is 1. The summed E-state index contributed by atoms with van der Waals surface area (Å²) < 4.78 is 1.16. The van der Waals surface area contributed by atoms with Crippen LogP contribution in [0, 0.1) is 6.92 Å². The number of nitrogens with one attached hydrogen (secondary N) is 1. The number of fused-ring (bicyclic) bond motifs is 1. The first-order chi connectivity index (χ1) is 11.0. The molecule has 0 atom stereocenters. The SMILES string of the molecule is Cc1nc2sccc2c(=O)n1NC(=O)Cc1ccc(Cl)c(Cl)c1. The van der Waals surface area contributed by atoms with Crippen LogP contribution in [-0.4, -0.2) is 15.6 Å². The lowest BCUT2D eigenvalue weighted by Crippen LogP contribution is -2.36. The lowest BCUT2D eigenvalue weighted by Gasteiger charge is -2.11. The van der Waals surface area contributed by atoms with E-state index in [2.05, 4.69) is 10.4 Å². The Labute approximate surface area is 145 Å². The largest absolute Gasteiger partial charge is 0.281 e. The van der Waals surface area contributed by atoms with E-state index in [0.717, 1.165) is 4.68 Å². The molecule has 1 amide bonds. The summed E-state index contributed by atoms with van der Waals surface area (Å²) in [6.07, 6.45) is 0.0739. The zero-order chi connectivity index (χ0) is 16.6. The number of carbonyl (C=O) groups is 1. The van der Waals surface area contributed by atoms with E-state index in [1.807, 2.05) is 0 Å². The molecule has 23 heavy (non-hydrogen) atoms. The van der Waals surface area contributed by atoms with Crippen molar-refractivity contribution in [2.45, 2.75) is 13.3 Å². The Morgan fingerprint density at radius 2 is 2.09 bits per heavy atom. The summed E-state index contributed by atoms with van der Waals surface area (Å²) in [5, 5.41) is 3.08. The summed E-state index contributed by atoms with van der Waals surface area (Å²) >= 11 is 13.2. The fourth-order valence-corrected chi connectivity index (χ4v) is 3.27. The van der Waals surface area contributed by atoms with Gasteiger partial charge < -0.3 is 0 Å². The van der Waals surface area contributed by atoms with Crippen molar-refractivity contribution in [1.82, 2.24) is 9.66 Å². The average molecular weight is 368 g/mol.